The smallest absolute Gasteiger partial charge is 0.183 e. The van der Waals surface area contributed by atoms with E-state index in [9.17, 15) is 0 Å². The second-order valence-corrected chi connectivity index (χ2v) is 3.29. The molecule has 1 aromatic rings. The summed E-state index contributed by atoms with van der Waals surface area (Å²) >= 11 is 11.6. The molecule has 0 aliphatic carbocycles. The Labute approximate surface area is 87.4 Å². The highest BCUT2D eigenvalue weighted by Crippen LogP contribution is 2.26. The lowest BCUT2D eigenvalue weighted by Gasteiger charge is -2.13. The van der Waals surface area contributed by atoms with E-state index in [0.29, 0.717) is 10.0 Å². The highest BCUT2D eigenvalue weighted by molar-refractivity contribution is 6.42. The van der Waals surface area contributed by atoms with Crippen molar-refractivity contribution in [1.82, 2.24) is 0 Å². The molecule has 0 saturated carbocycles. The van der Waals surface area contributed by atoms with Crippen molar-refractivity contribution >= 4 is 23.2 Å². The summed E-state index contributed by atoms with van der Waals surface area (Å²) in [4.78, 5) is 0. The molecule has 13 heavy (non-hydrogen) atoms. The molecule has 0 aliphatic heterocycles. The molecule has 0 atom stereocenters. The molecular formula is C9H10Cl2O2. The van der Waals surface area contributed by atoms with E-state index in [1.54, 1.807) is 26.4 Å². The van der Waals surface area contributed by atoms with Gasteiger partial charge >= 0.3 is 0 Å². The van der Waals surface area contributed by atoms with E-state index in [1.165, 1.54) is 0 Å². The molecule has 72 valence electrons. The Morgan fingerprint density at radius 2 is 1.69 bits per heavy atom. The molecule has 0 bridgehead atoms. The summed E-state index contributed by atoms with van der Waals surface area (Å²) in [5.41, 5.74) is 0.847. The summed E-state index contributed by atoms with van der Waals surface area (Å²) in [6, 6.07) is 5.25. The fourth-order valence-corrected chi connectivity index (χ4v) is 1.33. The van der Waals surface area contributed by atoms with Crippen LogP contribution in [-0.4, -0.2) is 14.2 Å². The molecule has 0 amide bonds. The molecule has 1 aromatic carbocycles. The maximum atomic E-state index is 5.83. The average molecular weight is 221 g/mol. The monoisotopic (exact) mass is 220 g/mol. The number of rotatable bonds is 3. The molecular weight excluding hydrogens is 211 g/mol. The molecule has 0 unspecified atom stereocenters. The van der Waals surface area contributed by atoms with Gasteiger partial charge in [0.1, 0.15) is 0 Å². The Morgan fingerprint density at radius 3 is 2.15 bits per heavy atom. The molecule has 0 aliphatic rings. The van der Waals surface area contributed by atoms with Crippen LogP contribution in [0.4, 0.5) is 0 Å². The minimum absolute atomic E-state index is 0.394. The Hall–Kier alpha value is -0.280. The lowest BCUT2D eigenvalue weighted by atomic mass is 10.2. The van der Waals surface area contributed by atoms with Crippen LogP contribution in [0.3, 0.4) is 0 Å². The van der Waals surface area contributed by atoms with Crippen LogP contribution in [0.15, 0.2) is 18.2 Å². The quantitative estimate of drug-likeness (QED) is 0.729. The normalized spacial score (nSPS) is 10.8. The fourth-order valence-electron chi connectivity index (χ4n) is 1.03. The van der Waals surface area contributed by atoms with Crippen LogP contribution < -0.4 is 0 Å². The van der Waals surface area contributed by atoms with Gasteiger partial charge in [-0.15, -0.1) is 0 Å². The first-order valence-electron chi connectivity index (χ1n) is 3.69. The third-order valence-corrected chi connectivity index (χ3v) is 2.38. The number of hydrogen-bond donors (Lipinski definition) is 0. The van der Waals surface area contributed by atoms with Crippen LogP contribution >= 0.6 is 23.2 Å². The van der Waals surface area contributed by atoms with Crippen LogP contribution in [-0.2, 0) is 9.47 Å². The van der Waals surface area contributed by atoms with Gasteiger partial charge in [-0.2, -0.15) is 0 Å². The predicted molar refractivity (Wildman–Crippen MR) is 53.2 cm³/mol. The Balaban J connectivity index is 2.95. The van der Waals surface area contributed by atoms with E-state index < -0.39 is 6.29 Å². The van der Waals surface area contributed by atoms with Crippen molar-refractivity contribution in [2.45, 2.75) is 6.29 Å². The first-order chi connectivity index (χ1) is 6.19. The minimum Gasteiger partial charge on any atom is -0.352 e. The Bertz CT molecular complexity index is 285. The summed E-state index contributed by atoms with van der Waals surface area (Å²) < 4.78 is 10.1. The zero-order valence-corrected chi connectivity index (χ0v) is 8.89. The third-order valence-electron chi connectivity index (χ3n) is 1.64. The summed E-state index contributed by atoms with van der Waals surface area (Å²) in [5.74, 6) is 0. The molecule has 0 saturated heterocycles. The van der Waals surface area contributed by atoms with Crippen molar-refractivity contribution in [1.29, 1.82) is 0 Å². The summed E-state index contributed by atoms with van der Waals surface area (Å²) in [5, 5.41) is 1.02. The first-order valence-corrected chi connectivity index (χ1v) is 4.45. The van der Waals surface area contributed by atoms with Gasteiger partial charge in [-0.05, 0) is 12.1 Å². The zero-order chi connectivity index (χ0) is 9.84. The standard InChI is InChI=1S/C9H10Cl2O2/c1-12-9(13-2)6-3-4-7(10)8(11)5-6/h3-5,9H,1-2H3. The fraction of sp³-hybridized carbons (Fsp3) is 0.333. The van der Waals surface area contributed by atoms with Crippen LogP contribution in [0, 0.1) is 0 Å². The Morgan fingerprint density at radius 1 is 1.08 bits per heavy atom. The summed E-state index contributed by atoms with van der Waals surface area (Å²) in [6.45, 7) is 0. The average Bonchev–Trinajstić information content (AvgIpc) is 2.13. The molecule has 0 heterocycles. The molecule has 1 rings (SSSR count). The van der Waals surface area contributed by atoms with E-state index in [4.69, 9.17) is 32.7 Å². The van der Waals surface area contributed by atoms with E-state index in [2.05, 4.69) is 0 Å². The van der Waals surface area contributed by atoms with E-state index in [-0.39, 0.29) is 0 Å². The molecule has 0 N–H and O–H groups in total. The molecule has 4 heteroatoms. The highest BCUT2D eigenvalue weighted by atomic mass is 35.5. The number of methoxy groups -OCH3 is 2. The first kappa shape index (κ1) is 10.8. The molecule has 0 spiro atoms. The summed E-state index contributed by atoms with van der Waals surface area (Å²) in [6.07, 6.45) is -0.394. The maximum absolute atomic E-state index is 5.83. The van der Waals surface area contributed by atoms with Crippen LogP contribution in [0.2, 0.25) is 10.0 Å². The third kappa shape index (κ3) is 2.58. The van der Waals surface area contributed by atoms with Gasteiger partial charge in [0.05, 0.1) is 10.0 Å². The largest absolute Gasteiger partial charge is 0.352 e. The van der Waals surface area contributed by atoms with Crippen molar-refractivity contribution < 1.29 is 9.47 Å². The van der Waals surface area contributed by atoms with Crippen molar-refractivity contribution in [3.8, 4) is 0 Å². The SMILES string of the molecule is COC(OC)c1ccc(Cl)c(Cl)c1. The number of benzene rings is 1. The van der Waals surface area contributed by atoms with Crippen LogP contribution in [0.1, 0.15) is 11.9 Å². The van der Waals surface area contributed by atoms with Gasteiger partial charge in [-0.3, -0.25) is 0 Å². The van der Waals surface area contributed by atoms with Gasteiger partial charge in [-0.25, -0.2) is 0 Å². The molecule has 0 fully saturated rings. The van der Waals surface area contributed by atoms with Crippen LogP contribution in [0.25, 0.3) is 0 Å². The maximum Gasteiger partial charge on any atom is 0.183 e. The van der Waals surface area contributed by atoms with Crippen molar-refractivity contribution in [3.63, 3.8) is 0 Å². The highest BCUT2D eigenvalue weighted by Gasteiger charge is 2.09. The van der Waals surface area contributed by atoms with Crippen molar-refractivity contribution in [2.24, 2.45) is 0 Å². The van der Waals surface area contributed by atoms with Gasteiger partial charge in [0.25, 0.3) is 0 Å². The van der Waals surface area contributed by atoms with E-state index in [0.717, 1.165) is 5.56 Å². The minimum atomic E-state index is -0.394. The lowest BCUT2D eigenvalue weighted by Crippen LogP contribution is -2.03. The zero-order valence-electron chi connectivity index (χ0n) is 7.38. The summed E-state index contributed by atoms with van der Waals surface area (Å²) in [7, 11) is 3.13. The second-order valence-electron chi connectivity index (χ2n) is 2.48. The Kier molecular flexibility index (Phi) is 4.00. The second kappa shape index (κ2) is 4.82. The van der Waals surface area contributed by atoms with Crippen molar-refractivity contribution in [3.05, 3.63) is 33.8 Å². The predicted octanol–water partition coefficient (Wildman–Crippen LogP) is 3.28. The van der Waals surface area contributed by atoms with Gasteiger partial charge in [0.15, 0.2) is 6.29 Å². The number of halogens is 2. The topological polar surface area (TPSA) is 18.5 Å². The van der Waals surface area contributed by atoms with Gasteiger partial charge in [-0.1, -0.05) is 29.3 Å². The van der Waals surface area contributed by atoms with E-state index in [1.807, 2.05) is 6.07 Å². The molecule has 0 radical (unpaired) electrons. The lowest BCUT2D eigenvalue weighted by molar-refractivity contribution is -0.106. The number of ether oxygens (including phenoxy) is 2. The van der Waals surface area contributed by atoms with Crippen LogP contribution in [0.5, 0.6) is 0 Å². The van der Waals surface area contributed by atoms with E-state index >= 15 is 0 Å². The van der Waals surface area contributed by atoms with Crippen molar-refractivity contribution in [2.75, 3.05) is 14.2 Å². The molecule has 2 nitrogen and oxygen atoms in total. The van der Waals surface area contributed by atoms with Gasteiger partial charge < -0.3 is 9.47 Å². The van der Waals surface area contributed by atoms with Gasteiger partial charge in [0.2, 0.25) is 0 Å². The van der Waals surface area contributed by atoms with Gasteiger partial charge in [0, 0.05) is 19.8 Å². The number of hydrogen-bond acceptors (Lipinski definition) is 2. The molecule has 0 aromatic heterocycles.